The third-order valence-corrected chi connectivity index (χ3v) is 5.17. The molecule has 0 aromatic heterocycles. The van der Waals surface area contributed by atoms with Crippen LogP contribution in [0.3, 0.4) is 0 Å². The molecule has 0 fully saturated rings. The van der Waals surface area contributed by atoms with Gasteiger partial charge in [-0.2, -0.15) is 0 Å². The van der Waals surface area contributed by atoms with Gasteiger partial charge in [-0.15, -0.1) is 0 Å². The first-order chi connectivity index (χ1) is 13.1. The minimum Gasteiger partial charge on any atom is -0.423 e. The predicted octanol–water partition coefficient (Wildman–Crippen LogP) is 4.71. The molecule has 0 atom stereocenters. The Hall–Kier alpha value is -2.67. The summed E-state index contributed by atoms with van der Waals surface area (Å²) in [6.07, 6.45) is 0.861. The Kier molecular flexibility index (Phi) is 4.94. The molecule has 0 saturated carbocycles. The molecule has 0 aliphatic carbocycles. The second-order valence-corrected chi connectivity index (χ2v) is 7.51. The number of esters is 1. The number of rotatable bonds is 3. The lowest BCUT2D eigenvalue weighted by atomic mass is 10.1. The zero-order valence-electron chi connectivity index (χ0n) is 14.4. The molecule has 3 aromatic rings. The highest BCUT2D eigenvalue weighted by Gasteiger charge is 2.25. The first-order valence-corrected chi connectivity index (χ1v) is 9.67. The number of ether oxygens (including phenoxy) is 1. The number of benzene rings is 3. The van der Waals surface area contributed by atoms with Gasteiger partial charge in [0, 0.05) is 21.4 Å². The summed E-state index contributed by atoms with van der Waals surface area (Å²) in [5, 5.41) is 0. The molecule has 5 heteroatoms. The van der Waals surface area contributed by atoms with Gasteiger partial charge in [0.15, 0.2) is 0 Å². The van der Waals surface area contributed by atoms with E-state index in [0.29, 0.717) is 23.4 Å². The van der Waals surface area contributed by atoms with Crippen molar-refractivity contribution in [2.24, 2.45) is 0 Å². The van der Waals surface area contributed by atoms with Crippen LogP contribution < -0.4 is 9.64 Å². The van der Waals surface area contributed by atoms with Gasteiger partial charge in [0.25, 0.3) is 5.91 Å². The van der Waals surface area contributed by atoms with Gasteiger partial charge in [0.05, 0.1) is 5.56 Å². The van der Waals surface area contributed by atoms with Crippen LogP contribution >= 0.6 is 22.6 Å². The highest BCUT2D eigenvalue weighted by atomic mass is 127. The Labute approximate surface area is 170 Å². The number of nitrogens with zero attached hydrogens (tertiary/aromatic N) is 1. The molecule has 27 heavy (non-hydrogen) atoms. The molecule has 0 N–H and O–H groups in total. The lowest BCUT2D eigenvalue weighted by Crippen LogP contribution is -2.28. The summed E-state index contributed by atoms with van der Waals surface area (Å²) >= 11 is 2.28. The molecule has 1 aliphatic heterocycles. The zero-order valence-corrected chi connectivity index (χ0v) is 16.5. The van der Waals surface area contributed by atoms with Crippen LogP contribution in [0, 0.1) is 3.57 Å². The van der Waals surface area contributed by atoms with Gasteiger partial charge >= 0.3 is 5.97 Å². The number of anilines is 1. The molecule has 1 heterocycles. The molecule has 0 saturated heterocycles. The Morgan fingerprint density at radius 3 is 2.33 bits per heavy atom. The monoisotopic (exact) mass is 469 g/mol. The predicted molar refractivity (Wildman–Crippen MR) is 112 cm³/mol. The topological polar surface area (TPSA) is 46.6 Å². The molecular formula is C22H16INO3. The van der Waals surface area contributed by atoms with Crippen molar-refractivity contribution < 1.29 is 14.3 Å². The van der Waals surface area contributed by atoms with E-state index in [4.69, 9.17) is 4.74 Å². The molecule has 4 nitrogen and oxygen atoms in total. The van der Waals surface area contributed by atoms with E-state index < -0.39 is 5.97 Å². The number of carbonyl (C=O) groups is 2. The number of amides is 1. The molecule has 0 bridgehead atoms. The smallest absolute Gasteiger partial charge is 0.343 e. The maximum atomic E-state index is 12.9. The SMILES string of the molecule is O=C(Oc1ccccc1)c1ccc(C(=O)N2CCc3cc(I)ccc32)cc1. The highest BCUT2D eigenvalue weighted by molar-refractivity contribution is 14.1. The average Bonchev–Trinajstić information content (AvgIpc) is 3.11. The number of hydrogen-bond acceptors (Lipinski definition) is 3. The van der Waals surface area contributed by atoms with Crippen LogP contribution in [0.1, 0.15) is 26.3 Å². The van der Waals surface area contributed by atoms with Crippen LogP contribution in [0.25, 0.3) is 0 Å². The van der Waals surface area contributed by atoms with Crippen molar-refractivity contribution in [2.45, 2.75) is 6.42 Å². The summed E-state index contributed by atoms with van der Waals surface area (Å²) in [7, 11) is 0. The van der Waals surface area contributed by atoms with E-state index in [1.54, 1.807) is 53.4 Å². The van der Waals surface area contributed by atoms with Crippen molar-refractivity contribution >= 4 is 40.2 Å². The Morgan fingerprint density at radius 1 is 0.889 bits per heavy atom. The summed E-state index contributed by atoms with van der Waals surface area (Å²) in [6, 6.07) is 21.6. The molecule has 134 valence electrons. The van der Waals surface area contributed by atoms with Gasteiger partial charge in [0.1, 0.15) is 5.75 Å². The van der Waals surface area contributed by atoms with Gasteiger partial charge in [0.2, 0.25) is 0 Å². The third-order valence-electron chi connectivity index (χ3n) is 4.50. The summed E-state index contributed by atoms with van der Waals surface area (Å²) in [4.78, 5) is 26.9. The third kappa shape index (κ3) is 3.73. The Bertz CT molecular complexity index is 1000. The maximum Gasteiger partial charge on any atom is 0.343 e. The van der Waals surface area contributed by atoms with Crippen molar-refractivity contribution in [2.75, 3.05) is 11.4 Å². The normalized spacial score (nSPS) is 12.6. The minimum absolute atomic E-state index is 0.0575. The fraction of sp³-hybridized carbons (Fsp3) is 0.0909. The fourth-order valence-electron chi connectivity index (χ4n) is 3.14. The van der Waals surface area contributed by atoms with Crippen molar-refractivity contribution in [3.8, 4) is 5.75 Å². The summed E-state index contributed by atoms with van der Waals surface area (Å²) in [6.45, 7) is 0.673. The summed E-state index contributed by atoms with van der Waals surface area (Å²) < 4.78 is 6.49. The lowest BCUT2D eigenvalue weighted by molar-refractivity contribution is 0.0734. The lowest BCUT2D eigenvalue weighted by Gasteiger charge is -2.17. The summed E-state index contributed by atoms with van der Waals surface area (Å²) in [5.74, 6) is -0.00909. The highest BCUT2D eigenvalue weighted by Crippen LogP contribution is 2.30. The second-order valence-electron chi connectivity index (χ2n) is 6.26. The first kappa shape index (κ1) is 17.7. The van der Waals surface area contributed by atoms with Crippen molar-refractivity contribution in [1.82, 2.24) is 0 Å². The van der Waals surface area contributed by atoms with Crippen LogP contribution in [0.15, 0.2) is 72.8 Å². The molecule has 4 rings (SSSR count). The number of fused-ring (bicyclic) bond motifs is 1. The molecule has 0 radical (unpaired) electrons. The molecular weight excluding hydrogens is 453 g/mol. The first-order valence-electron chi connectivity index (χ1n) is 8.59. The number of halogens is 1. The van der Waals surface area contributed by atoms with E-state index in [9.17, 15) is 9.59 Å². The molecule has 3 aromatic carbocycles. The van der Waals surface area contributed by atoms with E-state index in [1.807, 2.05) is 18.2 Å². The number of para-hydroxylation sites is 1. The van der Waals surface area contributed by atoms with Crippen molar-refractivity contribution in [3.63, 3.8) is 0 Å². The van der Waals surface area contributed by atoms with Crippen molar-refractivity contribution in [3.05, 3.63) is 93.1 Å². The van der Waals surface area contributed by atoms with Gasteiger partial charge in [-0.05, 0) is 89.2 Å². The van der Waals surface area contributed by atoms with E-state index >= 15 is 0 Å². The fourth-order valence-corrected chi connectivity index (χ4v) is 3.70. The molecule has 1 amide bonds. The van der Waals surface area contributed by atoms with E-state index in [-0.39, 0.29) is 5.91 Å². The minimum atomic E-state index is -0.443. The second kappa shape index (κ2) is 7.52. The Morgan fingerprint density at radius 2 is 1.59 bits per heavy atom. The van der Waals surface area contributed by atoms with Gasteiger partial charge in [-0.25, -0.2) is 4.79 Å². The molecule has 1 aliphatic rings. The van der Waals surface area contributed by atoms with Gasteiger partial charge < -0.3 is 9.64 Å². The average molecular weight is 469 g/mol. The van der Waals surface area contributed by atoms with Crippen LogP contribution in [-0.2, 0) is 6.42 Å². The quantitative estimate of drug-likeness (QED) is 0.317. The zero-order chi connectivity index (χ0) is 18.8. The van der Waals surface area contributed by atoms with Crippen molar-refractivity contribution in [1.29, 1.82) is 0 Å². The molecule has 0 unspecified atom stereocenters. The Balaban J connectivity index is 1.50. The van der Waals surface area contributed by atoms with Crippen LogP contribution in [0.4, 0.5) is 5.69 Å². The number of hydrogen-bond donors (Lipinski definition) is 0. The maximum absolute atomic E-state index is 12.9. The van der Waals surface area contributed by atoms with E-state index in [0.717, 1.165) is 12.1 Å². The standard InChI is InChI=1S/C22H16INO3/c23-18-10-11-20-17(14-18)12-13-24(20)21(25)15-6-8-16(9-7-15)22(26)27-19-4-2-1-3-5-19/h1-11,14H,12-13H2. The van der Waals surface area contributed by atoms with E-state index in [1.165, 1.54) is 9.13 Å². The van der Waals surface area contributed by atoms with E-state index in [2.05, 4.69) is 28.7 Å². The van der Waals surface area contributed by atoms with Crippen LogP contribution in [0.5, 0.6) is 5.75 Å². The number of carbonyl (C=O) groups excluding carboxylic acids is 2. The van der Waals surface area contributed by atoms with Crippen LogP contribution in [0.2, 0.25) is 0 Å². The largest absolute Gasteiger partial charge is 0.423 e. The van der Waals surface area contributed by atoms with Crippen LogP contribution in [-0.4, -0.2) is 18.4 Å². The molecule has 0 spiro atoms. The van der Waals surface area contributed by atoms with Gasteiger partial charge in [-0.1, -0.05) is 18.2 Å². The van der Waals surface area contributed by atoms with Gasteiger partial charge in [-0.3, -0.25) is 4.79 Å². The summed E-state index contributed by atoms with van der Waals surface area (Å²) in [5.41, 5.74) is 3.12.